The highest BCUT2D eigenvalue weighted by atomic mass is 32.1. The Balaban J connectivity index is 1.54. The maximum Gasteiger partial charge on any atom is 0.357 e. The summed E-state index contributed by atoms with van der Waals surface area (Å²) in [5.41, 5.74) is 0.401. The normalized spacial score (nSPS) is 29.5. The monoisotopic (exact) mass is 266 g/mol. The molecule has 1 N–H and O–H groups in total. The van der Waals surface area contributed by atoms with Crippen molar-refractivity contribution in [3.05, 3.63) is 11.1 Å². The highest BCUT2D eigenvalue weighted by Gasteiger charge is 2.39. The summed E-state index contributed by atoms with van der Waals surface area (Å²) in [6.45, 7) is 0.995. The van der Waals surface area contributed by atoms with Gasteiger partial charge in [0.2, 0.25) is 0 Å². The summed E-state index contributed by atoms with van der Waals surface area (Å²) in [5, 5.41) is 5.95. The van der Waals surface area contributed by atoms with E-state index in [1.807, 2.05) is 0 Å². The highest BCUT2D eigenvalue weighted by Crippen LogP contribution is 2.48. The molecule has 1 aromatic rings. The van der Waals surface area contributed by atoms with Crippen molar-refractivity contribution in [3.63, 3.8) is 0 Å². The second kappa shape index (κ2) is 4.88. The van der Waals surface area contributed by atoms with E-state index in [0.717, 1.165) is 29.4 Å². The van der Waals surface area contributed by atoms with E-state index in [-0.39, 0.29) is 5.97 Å². The van der Waals surface area contributed by atoms with E-state index in [1.165, 1.54) is 44.1 Å². The van der Waals surface area contributed by atoms with E-state index in [1.54, 1.807) is 5.38 Å². The molecule has 0 aromatic carbocycles. The number of fused-ring (bicyclic) bond motifs is 2. The zero-order valence-corrected chi connectivity index (χ0v) is 11.3. The predicted molar refractivity (Wildman–Crippen MR) is 70.9 cm³/mol. The lowest BCUT2D eigenvalue weighted by Crippen LogP contribution is -2.20. The van der Waals surface area contributed by atoms with Gasteiger partial charge in [-0.15, -0.1) is 11.3 Å². The van der Waals surface area contributed by atoms with Crippen LogP contribution in [-0.2, 0) is 4.74 Å². The third-order valence-corrected chi connectivity index (χ3v) is 5.10. The first-order chi connectivity index (χ1) is 8.76. The van der Waals surface area contributed by atoms with Crippen molar-refractivity contribution in [1.82, 2.24) is 4.98 Å². The van der Waals surface area contributed by atoms with Crippen LogP contribution >= 0.6 is 11.3 Å². The van der Waals surface area contributed by atoms with Crippen LogP contribution in [-0.4, -0.2) is 24.6 Å². The van der Waals surface area contributed by atoms with E-state index in [4.69, 9.17) is 0 Å². The molecule has 5 heteroatoms. The van der Waals surface area contributed by atoms with Crippen LogP contribution in [0.3, 0.4) is 0 Å². The molecule has 18 heavy (non-hydrogen) atoms. The van der Waals surface area contributed by atoms with Crippen molar-refractivity contribution in [3.8, 4) is 0 Å². The van der Waals surface area contributed by atoms with Crippen molar-refractivity contribution >= 4 is 22.4 Å². The van der Waals surface area contributed by atoms with Gasteiger partial charge in [-0.2, -0.15) is 0 Å². The van der Waals surface area contributed by atoms with Crippen LogP contribution in [0.4, 0.5) is 5.13 Å². The van der Waals surface area contributed by atoms with Crippen molar-refractivity contribution in [2.75, 3.05) is 19.0 Å². The summed E-state index contributed by atoms with van der Waals surface area (Å²) in [6.07, 6.45) is 5.64. The van der Waals surface area contributed by atoms with Gasteiger partial charge in [-0.1, -0.05) is 6.42 Å². The van der Waals surface area contributed by atoms with Gasteiger partial charge in [0.05, 0.1) is 7.11 Å². The second-order valence-electron chi connectivity index (χ2n) is 5.35. The highest BCUT2D eigenvalue weighted by molar-refractivity contribution is 7.13. The first-order valence-corrected chi connectivity index (χ1v) is 7.42. The molecule has 2 saturated carbocycles. The van der Waals surface area contributed by atoms with Gasteiger partial charge in [0, 0.05) is 11.9 Å². The van der Waals surface area contributed by atoms with E-state index >= 15 is 0 Å². The fraction of sp³-hybridized carbons (Fsp3) is 0.692. The number of hydrogen-bond donors (Lipinski definition) is 1. The lowest BCUT2D eigenvalue weighted by molar-refractivity contribution is 0.0595. The molecule has 3 unspecified atom stereocenters. The summed E-state index contributed by atoms with van der Waals surface area (Å²) in [5.74, 6) is 2.33. The Hall–Kier alpha value is -1.10. The van der Waals surface area contributed by atoms with Crippen LogP contribution in [0, 0.1) is 17.8 Å². The smallest absolute Gasteiger partial charge is 0.357 e. The molecule has 3 atom stereocenters. The zero-order valence-electron chi connectivity index (χ0n) is 10.5. The molecule has 0 amide bonds. The van der Waals surface area contributed by atoms with Crippen molar-refractivity contribution in [2.45, 2.75) is 25.7 Å². The average Bonchev–Trinajstić information content (AvgIpc) is 3.10. The van der Waals surface area contributed by atoms with Gasteiger partial charge in [0.25, 0.3) is 0 Å². The molecule has 4 nitrogen and oxygen atoms in total. The fourth-order valence-electron chi connectivity index (χ4n) is 3.40. The largest absolute Gasteiger partial charge is 0.464 e. The van der Waals surface area contributed by atoms with Gasteiger partial charge >= 0.3 is 5.97 Å². The lowest BCUT2D eigenvalue weighted by Gasteiger charge is -2.21. The first kappa shape index (κ1) is 12.0. The van der Waals surface area contributed by atoms with E-state index in [9.17, 15) is 4.79 Å². The van der Waals surface area contributed by atoms with E-state index in [2.05, 4.69) is 15.0 Å². The Morgan fingerprint density at radius 1 is 1.56 bits per heavy atom. The number of nitrogens with one attached hydrogen (secondary N) is 1. The number of hydrogen-bond acceptors (Lipinski definition) is 5. The van der Waals surface area contributed by atoms with Crippen molar-refractivity contribution in [1.29, 1.82) is 0 Å². The van der Waals surface area contributed by atoms with Gasteiger partial charge in [-0.3, -0.25) is 0 Å². The van der Waals surface area contributed by atoms with Crippen LogP contribution < -0.4 is 5.32 Å². The van der Waals surface area contributed by atoms with Crippen LogP contribution in [0.25, 0.3) is 0 Å². The molecule has 0 aliphatic heterocycles. The minimum atomic E-state index is -0.362. The number of methoxy groups -OCH3 is 1. The predicted octanol–water partition coefficient (Wildman–Crippen LogP) is 2.78. The van der Waals surface area contributed by atoms with Gasteiger partial charge in [0.1, 0.15) is 0 Å². The summed E-state index contributed by atoms with van der Waals surface area (Å²) in [6, 6.07) is 0. The van der Waals surface area contributed by atoms with E-state index < -0.39 is 0 Å². The fourth-order valence-corrected chi connectivity index (χ4v) is 4.09. The molecule has 98 valence electrons. The Labute approximate surface area is 111 Å². The SMILES string of the molecule is COC(=O)c1csc(NCC2CC3CCC2C3)n1. The first-order valence-electron chi connectivity index (χ1n) is 6.54. The zero-order chi connectivity index (χ0) is 12.5. The van der Waals surface area contributed by atoms with Crippen LogP contribution in [0.2, 0.25) is 0 Å². The molecular formula is C13H18N2O2S. The van der Waals surface area contributed by atoms with Gasteiger partial charge < -0.3 is 10.1 Å². The number of esters is 1. The molecule has 0 spiro atoms. The van der Waals surface area contributed by atoms with Gasteiger partial charge in [-0.05, 0) is 37.0 Å². The van der Waals surface area contributed by atoms with Gasteiger partial charge in [0.15, 0.2) is 10.8 Å². The molecule has 1 heterocycles. The number of aromatic nitrogens is 1. The van der Waals surface area contributed by atoms with Crippen LogP contribution in [0.1, 0.15) is 36.2 Å². The molecule has 0 radical (unpaired) electrons. The number of thiazole rings is 1. The van der Waals surface area contributed by atoms with E-state index in [0.29, 0.717) is 5.69 Å². The molecule has 0 saturated heterocycles. The number of carbonyl (C=O) groups is 1. The molecule has 2 bridgehead atoms. The summed E-state index contributed by atoms with van der Waals surface area (Å²) in [4.78, 5) is 15.5. The number of nitrogens with zero attached hydrogens (tertiary/aromatic N) is 1. The van der Waals surface area contributed by atoms with Crippen molar-refractivity contribution < 1.29 is 9.53 Å². The van der Waals surface area contributed by atoms with Crippen LogP contribution in [0.15, 0.2) is 5.38 Å². The Bertz CT molecular complexity index is 446. The minimum absolute atomic E-state index is 0.362. The second-order valence-corrected chi connectivity index (χ2v) is 6.20. The third kappa shape index (κ3) is 2.23. The van der Waals surface area contributed by atoms with Crippen molar-refractivity contribution in [2.24, 2.45) is 17.8 Å². The Kier molecular flexibility index (Phi) is 3.24. The lowest BCUT2D eigenvalue weighted by atomic mass is 9.89. The average molecular weight is 266 g/mol. The molecule has 2 fully saturated rings. The summed E-state index contributed by atoms with van der Waals surface area (Å²) < 4.78 is 4.65. The third-order valence-electron chi connectivity index (χ3n) is 4.30. The molecule has 3 rings (SSSR count). The maximum atomic E-state index is 11.3. The number of anilines is 1. The summed E-state index contributed by atoms with van der Waals surface area (Å²) >= 11 is 1.47. The Morgan fingerprint density at radius 3 is 3.11 bits per heavy atom. The quantitative estimate of drug-likeness (QED) is 0.851. The minimum Gasteiger partial charge on any atom is -0.464 e. The maximum absolute atomic E-state index is 11.3. The molecule has 2 aliphatic rings. The standard InChI is InChI=1S/C13H18N2O2S/c1-17-12(16)11-7-18-13(15-11)14-6-10-5-8-2-3-9(10)4-8/h7-10H,2-6H2,1H3,(H,14,15). The summed E-state index contributed by atoms with van der Waals surface area (Å²) in [7, 11) is 1.38. The number of ether oxygens (including phenoxy) is 1. The number of carbonyl (C=O) groups excluding carboxylic acids is 1. The van der Waals surface area contributed by atoms with Gasteiger partial charge in [-0.25, -0.2) is 9.78 Å². The Morgan fingerprint density at radius 2 is 2.44 bits per heavy atom. The molecule has 2 aliphatic carbocycles. The number of rotatable bonds is 4. The molecule has 1 aromatic heterocycles. The molecular weight excluding hydrogens is 248 g/mol. The topological polar surface area (TPSA) is 51.2 Å². The van der Waals surface area contributed by atoms with Crippen LogP contribution in [0.5, 0.6) is 0 Å².